The third-order valence-electron chi connectivity index (χ3n) is 5.64. The van der Waals surface area contributed by atoms with Crippen molar-refractivity contribution in [2.45, 2.75) is 17.2 Å². The first-order valence-electron chi connectivity index (χ1n) is 10.7. The van der Waals surface area contributed by atoms with Gasteiger partial charge in [0.25, 0.3) is 5.91 Å². The van der Waals surface area contributed by atoms with Gasteiger partial charge in [0.1, 0.15) is 10.2 Å². The highest BCUT2D eigenvalue weighted by Crippen LogP contribution is 2.65. The lowest BCUT2D eigenvalue weighted by molar-refractivity contribution is -0.117. The maximum atomic E-state index is 14.4. The highest BCUT2D eigenvalue weighted by molar-refractivity contribution is 6.53. The van der Waals surface area contributed by atoms with E-state index < -0.39 is 51.0 Å². The molecule has 0 bridgehead atoms. The van der Waals surface area contributed by atoms with E-state index in [1.807, 2.05) is 0 Å². The summed E-state index contributed by atoms with van der Waals surface area (Å²) in [6.07, 6.45) is 0. The van der Waals surface area contributed by atoms with Crippen molar-refractivity contribution >= 4 is 69.6 Å². The van der Waals surface area contributed by atoms with Gasteiger partial charge in [-0.2, -0.15) is 0 Å². The number of carbonyl (C=O) groups excluding carboxylic acids is 3. The summed E-state index contributed by atoms with van der Waals surface area (Å²) in [5, 5.41) is 7.20. The van der Waals surface area contributed by atoms with Crippen LogP contribution in [0.2, 0.25) is 5.02 Å². The molecule has 0 radical (unpaired) electrons. The lowest BCUT2D eigenvalue weighted by Gasteiger charge is -2.11. The minimum atomic E-state index is -1.55. The standard InChI is InChI=1S/C25H17Cl3F3N3O3/c1-11(35)32-13-3-5-14(6-4-13)33-23(36)16-9-15(10-19(30)22(16)31)34-24(37)21-20(25(21,27)28)12-2-7-18(29)17(26)8-12/h2-10,20-21H,1H3,(H,32,35)(H,33,36)(H,34,37). The van der Waals surface area contributed by atoms with E-state index in [2.05, 4.69) is 16.0 Å². The van der Waals surface area contributed by atoms with Gasteiger partial charge in [0.2, 0.25) is 11.8 Å². The molecular weight excluding hydrogens is 554 g/mol. The second kappa shape index (κ2) is 10.2. The summed E-state index contributed by atoms with van der Waals surface area (Å²) in [5.41, 5.74) is 0.278. The Kier molecular flexibility index (Phi) is 7.41. The van der Waals surface area contributed by atoms with Crippen LogP contribution < -0.4 is 16.0 Å². The lowest BCUT2D eigenvalue weighted by atomic mass is 10.1. The van der Waals surface area contributed by atoms with Crippen molar-refractivity contribution in [3.8, 4) is 0 Å². The SMILES string of the molecule is CC(=O)Nc1ccc(NC(=O)c2cc(NC(=O)C3C(c4ccc(F)c(Cl)c4)C3(Cl)Cl)cc(F)c2F)cc1. The molecule has 192 valence electrons. The zero-order valence-electron chi connectivity index (χ0n) is 18.8. The van der Waals surface area contributed by atoms with Gasteiger partial charge in [0, 0.05) is 36.0 Å². The monoisotopic (exact) mass is 569 g/mol. The number of benzene rings is 3. The largest absolute Gasteiger partial charge is 0.326 e. The van der Waals surface area contributed by atoms with Crippen LogP contribution in [0.1, 0.15) is 28.8 Å². The molecule has 0 aliphatic heterocycles. The predicted octanol–water partition coefficient (Wildman–Crippen LogP) is 6.49. The highest BCUT2D eigenvalue weighted by Gasteiger charge is 2.67. The molecule has 37 heavy (non-hydrogen) atoms. The Labute approximate surface area is 224 Å². The molecule has 6 nitrogen and oxygen atoms in total. The third kappa shape index (κ3) is 5.69. The second-order valence-corrected chi connectivity index (χ2v) is 10.2. The Morgan fingerprint density at radius 1 is 0.811 bits per heavy atom. The molecule has 1 aliphatic rings. The van der Waals surface area contributed by atoms with Gasteiger partial charge in [-0.25, -0.2) is 13.2 Å². The molecule has 2 atom stereocenters. The molecule has 0 aromatic heterocycles. The van der Waals surface area contributed by atoms with Crippen molar-refractivity contribution in [3.63, 3.8) is 0 Å². The summed E-state index contributed by atoms with van der Waals surface area (Å²) >= 11 is 18.4. The number of carbonyl (C=O) groups is 3. The number of anilines is 3. The predicted molar refractivity (Wildman–Crippen MR) is 136 cm³/mol. The number of halogens is 6. The van der Waals surface area contributed by atoms with Crippen LogP contribution >= 0.6 is 34.8 Å². The molecule has 4 rings (SSSR count). The molecule has 3 aromatic carbocycles. The lowest BCUT2D eigenvalue weighted by Crippen LogP contribution is -2.19. The van der Waals surface area contributed by atoms with E-state index in [0.29, 0.717) is 17.3 Å². The summed E-state index contributed by atoms with van der Waals surface area (Å²) in [5.74, 6) is -7.17. The minimum absolute atomic E-state index is 0.172. The van der Waals surface area contributed by atoms with Crippen LogP contribution in [-0.2, 0) is 9.59 Å². The van der Waals surface area contributed by atoms with E-state index in [9.17, 15) is 27.6 Å². The maximum absolute atomic E-state index is 14.4. The smallest absolute Gasteiger partial charge is 0.258 e. The quantitative estimate of drug-likeness (QED) is 0.296. The minimum Gasteiger partial charge on any atom is -0.326 e. The van der Waals surface area contributed by atoms with Gasteiger partial charge in [0.15, 0.2) is 11.6 Å². The summed E-state index contributed by atoms with van der Waals surface area (Å²) in [6.45, 7) is 1.33. The first-order chi connectivity index (χ1) is 17.4. The Morgan fingerprint density at radius 3 is 2.03 bits per heavy atom. The van der Waals surface area contributed by atoms with E-state index in [1.54, 1.807) is 0 Å². The van der Waals surface area contributed by atoms with Crippen LogP contribution in [-0.4, -0.2) is 22.1 Å². The number of rotatable bonds is 6. The van der Waals surface area contributed by atoms with E-state index in [4.69, 9.17) is 34.8 Å². The normalized spacial score (nSPS) is 17.6. The zero-order chi connectivity index (χ0) is 27.1. The van der Waals surface area contributed by atoms with Crippen LogP contribution in [0.25, 0.3) is 0 Å². The average Bonchev–Trinajstić information content (AvgIpc) is 3.40. The van der Waals surface area contributed by atoms with Crippen molar-refractivity contribution in [2.24, 2.45) is 5.92 Å². The fourth-order valence-electron chi connectivity index (χ4n) is 3.86. The molecule has 3 aromatic rings. The summed E-state index contributed by atoms with van der Waals surface area (Å²) in [4.78, 5) is 36.6. The van der Waals surface area contributed by atoms with Crippen LogP contribution in [0, 0.1) is 23.4 Å². The summed E-state index contributed by atoms with van der Waals surface area (Å²) < 4.78 is 40.7. The number of hydrogen-bond acceptors (Lipinski definition) is 3. The fraction of sp³-hybridized carbons (Fsp3) is 0.160. The molecule has 0 saturated heterocycles. The molecule has 3 amide bonds. The Hall–Kier alpha value is -3.27. The first-order valence-corrected chi connectivity index (χ1v) is 11.8. The van der Waals surface area contributed by atoms with Gasteiger partial charge in [0.05, 0.1) is 16.5 Å². The Balaban J connectivity index is 1.50. The van der Waals surface area contributed by atoms with E-state index in [1.165, 1.54) is 43.3 Å². The van der Waals surface area contributed by atoms with Crippen molar-refractivity contribution in [2.75, 3.05) is 16.0 Å². The number of alkyl halides is 2. The zero-order valence-corrected chi connectivity index (χ0v) is 21.1. The molecule has 1 fully saturated rings. The molecule has 3 N–H and O–H groups in total. The van der Waals surface area contributed by atoms with Gasteiger partial charge < -0.3 is 16.0 Å². The van der Waals surface area contributed by atoms with E-state index in [-0.39, 0.29) is 22.3 Å². The van der Waals surface area contributed by atoms with E-state index in [0.717, 1.165) is 12.1 Å². The van der Waals surface area contributed by atoms with Crippen LogP contribution in [0.3, 0.4) is 0 Å². The second-order valence-electron chi connectivity index (χ2n) is 8.32. The Bertz CT molecular complexity index is 1420. The van der Waals surface area contributed by atoms with E-state index >= 15 is 0 Å². The van der Waals surface area contributed by atoms with Crippen LogP contribution in [0.15, 0.2) is 54.6 Å². The summed E-state index contributed by atoms with van der Waals surface area (Å²) in [6, 6.07) is 11.4. The molecule has 2 unspecified atom stereocenters. The molecular formula is C25H17Cl3F3N3O3. The van der Waals surface area contributed by atoms with Gasteiger partial charge in [-0.15, -0.1) is 23.2 Å². The fourth-order valence-corrected chi connectivity index (χ4v) is 4.88. The van der Waals surface area contributed by atoms with Crippen molar-refractivity contribution in [3.05, 3.63) is 88.2 Å². The first kappa shape index (κ1) is 26.8. The Morgan fingerprint density at radius 2 is 1.43 bits per heavy atom. The van der Waals surface area contributed by atoms with Crippen LogP contribution in [0.5, 0.6) is 0 Å². The van der Waals surface area contributed by atoms with Crippen molar-refractivity contribution in [1.82, 2.24) is 0 Å². The number of hydrogen-bond donors (Lipinski definition) is 3. The molecule has 0 spiro atoms. The van der Waals surface area contributed by atoms with Gasteiger partial charge in [-0.05, 0) is 48.0 Å². The van der Waals surface area contributed by atoms with Gasteiger partial charge in [-0.1, -0.05) is 17.7 Å². The number of nitrogens with one attached hydrogen (secondary N) is 3. The van der Waals surface area contributed by atoms with Crippen molar-refractivity contribution in [1.29, 1.82) is 0 Å². The maximum Gasteiger partial charge on any atom is 0.258 e. The number of amides is 3. The van der Waals surface area contributed by atoms with Crippen LogP contribution in [0.4, 0.5) is 30.2 Å². The molecule has 12 heteroatoms. The highest BCUT2D eigenvalue weighted by atomic mass is 35.5. The molecule has 0 heterocycles. The topological polar surface area (TPSA) is 87.3 Å². The van der Waals surface area contributed by atoms with Gasteiger partial charge >= 0.3 is 0 Å². The molecule has 1 saturated carbocycles. The van der Waals surface area contributed by atoms with Crippen molar-refractivity contribution < 1.29 is 27.6 Å². The average molecular weight is 571 g/mol. The third-order valence-corrected chi connectivity index (χ3v) is 6.87. The molecule has 1 aliphatic carbocycles. The van der Waals surface area contributed by atoms with Gasteiger partial charge in [-0.3, -0.25) is 14.4 Å². The summed E-state index contributed by atoms with van der Waals surface area (Å²) in [7, 11) is 0.